The van der Waals surface area contributed by atoms with E-state index in [0.717, 1.165) is 0 Å². The summed E-state index contributed by atoms with van der Waals surface area (Å²) in [5.74, 6) is -0.429. The largest absolute Gasteiger partial charge is 0.389 e. The molecule has 0 amide bonds. The maximum atomic E-state index is 12.5. The van der Waals surface area contributed by atoms with Gasteiger partial charge < -0.3 is 5.73 Å². The van der Waals surface area contributed by atoms with Crippen LogP contribution in [0.5, 0.6) is 0 Å². The summed E-state index contributed by atoms with van der Waals surface area (Å²) in [6, 6.07) is 4.46. The summed E-state index contributed by atoms with van der Waals surface area (Å²) in [6.45, 7) is 0. The normalized spacial score (nSPS) is 13.1. The van der Waals surface area contributed by atoms with Crippen LogP contribution < -0.4 is 5.73 Å². The average Bonchev–Trinajstić information content (AvgIpc) is 2.14. The molecule has 0 heterocycles. The minimum atomic E-state index is -4.20. The fourth-order valence-electron chi connectivity index (χ4n) is 1.20. The summed E-state index contributed by atoms with van der Waals surface area (Å²) in [7, 11) is 0. The van der Waals surface area contributed by atoms with Gasteiger partial charge in [0.25, 0.3) is 0 Å². The van der Waals surface area contributed by atoms with E-state index in [0.29, 0.717) is 5.56 Å². The second kappa shape index (κ2) is 6.06. The molecule has 92 valence electrons. The van der Waals surface area contributed by atoms with Crippen molar-refractivity contribution in [3.05, 3.63) is 35.6 Å². The molecule has 1 nitrogen and oxygen atoms in total. The molecule has 0 spiro atoms. The van der Waals surface area contributed by atoms with Gasteiger partial charge in [0, 0.05) is 12.5 Å². The Bertz CT molecular complexity index is 310. The molecule has 0 radical (unpaired) electrons. The second-order valence-corrected chi connectivity index (χ2v) is 3.31. The topological polar surface area (TPSA) is 26.0 Å². The van der Waals surface area contributed by atoms with Gasteiger partial charge in [0.1, 0.15) is 5.82 Å². The van der Waals surface area contributed by atoms with Crippen LogP contribution in [0.4, 0.5) is 17.6 Å². The van der Waals surface area contributed by atoms with Crippen molar-refractivity contribution < 1.29 is 17.6 Å². The van der Waals surface area contributed by atoms with E-state index in [-0.39, 0.29) is 18.8 Å². The molecule has 0 saturated heterocycles. The Morgan fingerprint density at radius 1 is 1.12 bits per heavy atom. The standard InChI is InChI=1S/C10H11F4N.ClH/c11-8-3-1-7(2-4-8)9(15)5-6-10(12,13)14;/h1-4,9H,5-6,15H2;1H/t9-;/m1./s1. The second-order valence-electron chi connectivity index (χ2n) is 3.31. The van der Waals surface area contributed by atoms with Gasteiger partial charge in [-0.3, -0.25) is 0 Å². The molecule has 1 atom stereocenters. The molecule has 0 aliphatic carbocycles. The quantitative estimate of drug-likeness (QED) is 0.823. The van der Waals surface area contributed by atoms with Crippen molar-refractivity contribution in [1.29, 1.82) is 0 Å². The first kappa shape index (κ1) is 15.2. The first-order chi connectivity index (χ1) is 6.88. The van der Waals surface area contributed by atoms with E-state index in [2.05, 4.69) is 0 Å². The Morgan fingerprint density at radius 3 is 2.06 bits per heavy atom. The van der Waals surface area contributed by atoms with Gasteiger partial charge in [-0.15, -0.1) is 12.4 Å². The molecule has 0 fully saturated rings. The maximum absolute atomic E-state index is 12.5. The zero-order valence-corrected chi connectivity index (χ0v) is 9.11. The Hall–Kier alpha value is -0.810. The maximum Gasteiger partial charge on any atom is 0.389 e. The first-order valence-electron chi connectivity index (χ1n) is 4.46. The molecule has 6 heteroatoms. The van der Waals surface area contributed by atoms with Gasteiger partial charge in [-0.1, -0.05) is 12.1 Å². The molecule has 1 aromatic rings. The van der Waals surface area contributed by atoms with Crippen molar-refractivity contribution in [3.63, 3.8) is 0 Å². The van der Waals surface area contributed by atoms with Crippen LogP contribution in [0.15, 0.2) is 24.3 Å². The number of hydrogen-bond acceptors (Lipinski definition) is 1. The molecular formula is C10H12ClF4N. The predicted molar refractivity (Wildman–Crippen MR) is 55.9 cm³/mol. The van der Waals surface area contributed by atoms with Crippen LogP contribution in [0.3, 0.4) is 0 Å². The number of alkyl halides is 3. The van der Waals surface area contributed by atoms with Crippen LogP contribution in [-0.4, -0.2) is 6.18 Å². The van der Waals surface area contributed by atoms with E-state index >= 15 is 0 Å². The number of halogens is 5. The molecule has 16 heavy (non-hydrogen) atoms. The van der Waals surface area contributed by atoms with E-state index in [1.54, 1.807) is 0 Å². The highest BCUT2D eigenvalue weighted by Gasteiger charge is 2.27. The van der Waals surface area contributed by atoms with Crippen molar-refractivity contribution >= 4 is 12.4 Å². The third-order valence-corrected chi connectivity index (χ3v) is 2.04. The lowest BCUT2D eigenvalue weighted by Crippen LogP contribution is -2.15. The first-order valence-corrected chi connectivity index (χ1v) is 4.46. The van der Waals surface area contributed by atoms with Gasteiger partial charge in [0.2, 0.25) is 0 Å². The SMILES string of the molecule is Cl.N[C@H](CCC(F)(F)F)c1ccc(F)cc1. The van der Waals surface area contributed by atoms with Crippen LogP contribution in [0, 0.1) is 5.82 Å². The highest BCUT2D eigenvalue weighted by atomic mass is 35.5. The smallest absolute Gasteiger partial charge is 0.324 e. The minimum Gasteiger partial charge on any atom is -0.324 e. The Morgan fingerprint density at radius 2 is 1.62 bits per heavy atom. The fourth-order valence-corrected chi connectivity index (χ4v) is 1.20. The lowest BCUT2D eigenvalue weighted by Gasteiger charge is -2.13. The third kappa shape index (κ3) is 5.32. The van der Waals surface area contributed by atoms with Gasteiger partial charge in [-0.25, -0.2) is 4.39 Å². The highest BCUT2D eigenvalue weighted by Crippen LogP contribution is 2.26. The molecule has 0 unspecified atom stereocenters. The molecule has 0 saturated carbocycles. The Labute approximate surface area is 97.0 Å². The van der Waals surface area contributed by atoms with Crippen molar-refractivity contribution in [3.8, 4) is 0 Å². The van der Waals surface area contributed by atoms with Gasteiger partial charge >= 0.3 is 6.18 Å². The highest BCUT2D eigenvalue weighted by molar-refractivity contribution is 5.85. The Balaban J connectivity index is 0.00000225. The van der Waals surface area contributed by atoms with Crippen molar-refractivity contribution in [1.82, 2.24) is 0 Å². The van der Waals surface area contributed by atoms with E-state index in [9.17, 15) is 17.6 Å². The molecule has 0 bridgehead atoms. The van der Waals surface area contributed by atoms with Gasteiger partial charge in [0.05, 0.1) is 0 Å². The van der Waals surface area contributed by atoms with E-state index < -0.39 is 24.5 Å². The minimum absolute atomic E-state index is 0. The fraction of sp³-hybridized carbons (Fsp3) is 0.400. The number of rotatable bonds is 3. The summed E-state index contributed by atoms with van der Waals surface area (Å²) in [5.41, 5.74) is 6.04. The predicted octanol–water partition coefficient (Wildman–Crippen LogP) is 3.59. The van der Waals surface area contributed by atoms with Crippen molar-refractivity contribution in [2.75, 3.05) is 0 Å². The monoisotopic (exact) mass is 257 g/mol. The zero-order chi connectivity index (χ0) is 11.5. The molecule has 0 aromatic heterocycles. The van der Waals surface area contributed by atoms with E-state index in [4.69, 9.17) is 5.73 Å². The van der Waals surface area contributed by atoms with Crippen LogP contribution in [0.25, 0.3) is 0 Å². The van der Waals surface area contributed by atoms with E-state index in [1.165, 1.54) is 24.3 Å². The van der Waals surface area contributed by atoms with Gasteiger partial charge in [-0.2, -0.15) is 13.2 Å². The summed E-state index contributed by atoms with van der Waals surface area (Å²) in [4.78, 5) is 0. The van der Waals surface area contributed by atoms with Crippen LogP contribution in [0.2, 0.25) is 0 Å². The summed E-state index contributed by atoms with van der Waals surface area (Å²) in [6.07, 6.45) is -5.31. The molecule has 2 N–H and O–H groups in total. The average molecular weight is 258 g/mol. The molecule has 1 rings (SSSR count). The lowest BCUT2D eigenvalue weighted by molar-refractivity contribution is -0.136. The lowest BCUT2D eigenvalue weighted by atomic mass is 10.0. The van der Waals surface area contributed by atoms with Crippen molar-refractivity contribution in [2.45, 2.75) is 25.1 Å². The van der Waals surface area contributed by atoms with Crippen molar-refractivity contribution in [2.24, 2.45) is 5.73 Å². The summed E-state index contributed by atoms with van der Waals surface area (Å²) in [5, 5.41) is 0. The molecule has 0 aliphatic heterocycles. The molecular weight excluding hydrogens is 246 g/mol. The van der Waals surface area contributed by atoms with E-state index in [1.807, 2.05) is 0 Å². The van der Waals surface area contributed by atoms with Gasteiger partial charge in [0.15, 0.2) is 0 Å². The summed E-state index contributed by atoms with van der Waals surface area (Å²) >= 11 is 0. The van der Waals surface area contributed by atoms with Crippen LogP contribution in [0.1, 0.15) is 24.4 Å². The Kier molecular flexibility index (Phi) is 5.75. The number of benzene rings is 1. The van der Waals surface area contributed by atoms with Gasteiger partial charge in [-0.05, 0) is 24.1 Å². The van der Waals surface area contributed by atoms with Crippen LogP contribution >= 0.6 is 12.4 Å². The number of nitrogens with two attached hydrogens (primary N) is 1. The third-order valence-electron chi connectivity index (χ3n) is 2.04. The van der Waals surface area contributed by atoms with Crippen LogP contribution in [-0.2, 0) is 0 Å². The summed E-state index contributed by atoms with van der Waals surface area (Å²) < 4.78 is 48.1. The molecule has 0 aliphatic rings. The molecule has 1 aromatic carbocycles. The number of hydrogen-bond donors (Lipinski definition) is 1. The zero-order valence-electron chi connectivity index (χ0n) is 8.30.